The van der Waals surface area contributed by atoms with Crippen molar-refractivity contribution in [2.45, 2.75) is 4.90 Å². The quantitative estimate of drug-likeness (QED) is 0.387. The molecule has 0 amide bonds. The smallest absolute Gasteiger partial charge is 0.284 e. The zero-order valence-corrected chi connectivity index (χ0v) is 16.9. The second-order valence-electron chi connectivity index (χ2n) is 5.44. The number of carbonyl (C=O) groups excluding carboxylic acids is 1. The third-order valence-corrected chi connectivity index (χ3v) is 5.61. The molecule has 3 rings (SSSR count). The topological polar surface area (TPSA) is 75.9 Å². The zero-order valence-electron chi connectivity index (χ0n) is 13.7. The normalized spacial score (nSPS) is 16.5. The summed E-state index contributed by atoms with van der Waals surface area (Å²) in [6, 6.07) is 14.8. The third-order valence-electron chi connectivity index (χ3n) is 3.50. The van der Waals surface area contributed by atoms with Gasteiger partial charge in [-0.25, -0.2) is 4.99 Å². The van der Waals surface area contributed by atoms with E-state index in [4.69, 9.17) is 11.6 Å². The second kappa shape index (κ2) is 8.12. The van der Waals surface area contributed by atoms with Crippen LogP contribution in [0, 0.1) is 0 Å². The fourth-order valence-corrected chi connectivity index (χ4v) is 3.58. The molecule has 0 N–H and O–H groups in total. The van der Waals surface area contributed by atoms with Crippen LogP contribution in [0.3, 0.4) is 0 Å². The van der Waals surface area contributed by atoms with Crippen LogP contribution < -0.4 is 0 Å². The molecule has 136 valence electrons. The molecule has 5 nitrogen and oxygen atoms in total. The minimum absolute atomic E-state index is 0.000529. The Morgan fingerprint density at radius 2 is 1.63 bits per heavy atom. The standard InChI is InChI=1S/C19H12BrClN2O3S/c20-14-6-9-16(10-7-14)27(25,26)23-19(13-4-2-1-3-5-13)22-15-8-11-18(24)17(21)12-15/h1-12H/b22-15?,23-19+. The Hall–Kier alpha value is -2.35. The van der Waals surface area contributed by atoms with E-state index in [2.05, 4.69) is 25.3 Å². The molecule has 27 heavy (non-hydrogen) atoms. The molecule has 0 aromatic heterocycles. The zero-order chi connectivity index (χ0) is 19.4. The van der Waals surface area contributed by atoms with E-state index in [9.17, 15) is 13.2 Å². The molecule has 0 radical (unpaired) electrons. The van der Waals surface area contributed by atoms with Gasteiger partial charge in [-0.15, -0.1) is 4.40 Å². The van der Waals surface area contributed by atoms with Gasteiger partial charge in [-0.2, -0.15) is 8.42 Å². The van der Waals surface area contributed by atoms with Crippen molar-refractivity contribution in [3.8, 4) is 0 Å². The van der Waals surface area contributed by atoms with Gasteiger partial charge in [0.2, 0.25) is 0 Å². The monoisotopic (exact) mass is 462 g/mol. The van der Waals surface area contributed by atoms with Crippen molar-refractivity contribution in [1.29, 1.82) is 0 Å². The van der Waals surface area contributed by atoms with E-state index in [0.29, 0.717) is 11.3 Å². The molecule has 0 fully saturated rings. The molecule has 0 saturated heterocycles. The Bertz CT molecular complexity index is 1100. The first-order chi connectivity index (χ1) is 12.8. The van der Waals surface area contributed by atoms with E-state index >= 15 is 0 Å². The van der Waals surface area contributed by atoms with Crippen LogP contribution in [-0.4, -0.2) is 25.7 Å². The number of rotatable bonds is 3. The van der Waals surface area contributed by atoms with Crippen molar-refractivity contribution >= 4 is 54.9 Å². The van der Waals surface area contributed by atoms with Crippen LogP contribution in [0.4, 0.5) is 0 Å². The van der Waals surface area contributed by atoms with Crippen LogP contribution in [0.15, 0.2) is 96.6 Å². The van der Waals surface area contributed by atoms with E-state index in [-0.39, 0.29) is 21.5 Å². The first-order valence-corrected chi connectivity index (χ1v) is 10.3. The summed E-state index contributed by atoms with van der Waals surface area (Å²) in [5.74, 6) is -0.343. The van der Waals surface area contributed by atoms with Crippen molar-refractivity contribution in [1.82, 2.24) is 0 Å². The number of hydrogen-bond donors (Lipinski definition) is 0. The molecular weight excluding hydrogens is 452 g/mol. The van der Waals surface area contributed by atoms with E-state index in [1.807, 2.05) is 0 Å². The minimum Gasteiger partial charge on any atom is -0.288 e. The van der Waals surface area contributed by atoms with Crippen LogP contribution in [0.5, 0.6) is 0 Å². The average Bonchev–Trinajstić information content (AvgIpc) is 2.65. The lowest BCUT2D eigenvalue weighted by Gasteiger charge is -2.06. The summed E-state index contributed by atoms with van der Waals surface area (Å²) in [6.07, 6.45) is 4.10. The van der Waals surface area contributed by atoms with Crippen LogP contribution in [0.1, 0.15) is 5.56 Å². The van der Waals surface area contributed by atoms with Crippen molar-refractivity contribution in [2.24, 2.45) is 9.39 Å². The fourth-order valence-electron chi connectivity index (χ4n) is 2.18. The van der Waals surface area contributed by atoms with Crippen molar-refractivity contribution in [3.63, 3.8) is 0 Å². The Kier molecular flexibility index (Phi) is 5.84. The van der Waals surface area contributed by atoms with Gasteiger partial charge in [-0.1, -0.05) is 57.9 Å². The van der Waals surface area contributed by atoms with E-state index in [1.165, 1.54) is 30.4 Å². The summed E-state index contributed by atoms with van der Waals surface area (Å²) in [7, 11) is -3.98. The number of sulfonamides is 1. The number of benzene rings is 2. The Morgan fingerprint density at radius 3 is 2.26 bits per heavy atom. The lowest BCUT2D eigenvalue weighted by atomic mass is 10.1. The molecule has 0 saturated carbocycles. The number of halogens is 2. The van der Waals surface area contributed by atoms with Gasteiger partial charge < -0.3 is 0 Å². The fraction of sp³-hybridized carbons (Fsp3) is 0. The molecule has 0 atom stereocenters. The second-order valence-corrected chi connectivity index (χ2v) is 8.36. The van der Waals surface area contributed by atoms with Gasteiger partial charge in [0, 0.05) is 10.0 Å². The summed E-state index contributed by atoms with van der Waals surface area (Å²) >= 11 is 9.12. The Labute approximate surface area is 170 Å². The summed E-state index contributed by atoms with van der Waals surface area (Å²) in [6.45, 7) is 0. The van der Waals surface area contributed by atoms with Crippen molar-refractivity contribution in [2.75, 3.05) is 0 Å². The highest BCUT2D eigenvalue weighted by atomic mass is 79.9. The highest BCUT2D eigenvalue weighted by Gasteiger charge is 2.16. The number of amidine groups is 1. The van der Waals surface area contributed by atoms with Crippen LogP contribution in [0.2, 0.25) is 0 Å². The lowest BCUT2D eigenvalue weighted by molar-refractivity contribution is -0.110. The van der Waals surface area contributed by atoms with Gasteiger partial charge in [-0.3, -0.25) is 4.79 Å². The number of allylic oxidation sites excluding steroid dienone is 4. The highest BCUT2D eigenvalue weighted by molar-refractivity contribution is 9.10. The van der Waals surface area contributed by atoms with Crippen LogP contribution in [-0.2, 0) is 14.8 Å². The van der Waals surface area contributed by atoms with Gasteiger partial charge in [0.1, 0.15) is 0 Å². The molecule has 1 aliphatic rings. The minimum atomic E-state index is -3.98. The number of aliphatic imine (C=N–C) groups is 1. The Balaban J connectivity index is 2.11. The first-order valence-electron chi connectivity index (χ1n) is 7.69. The molecule has 0 aliphatic heterocycles. The first kappa shape index (κ1) is 19.4. The summed E-state index contributed by atoms with van der Waals surface area (Å²) in [4.78, 5) is 15.8. The SMILES string of the molecule is O=C1C=CC(=N/C(=N/S(=O)(=O)c2ccc(Br)cc2)c2ccccc2)C=C1Cl. The molecule has 0 heterocycles. The number of nitrogens with zero attached hydrogens (tertiary/aromatic N) is 2. The highest BCUT2D eigenvalue weighted by Crippen LogP contribution is 2.19. The molecular formula is C19H12BrClN2O3S. The van der Waals surface area contributed by atoms with Crippen LogP contribution >= 0.6 is 27.5 Å². The van der Waals surface area contributed by atoms with E-state index < -0.39 is 10.0 Å². The lowest BCUT2D eigenvalue weighted by Crippen LogP contribution is -2.09. The largest absolute Gasteiger partial charge is 0.288 e. The van der Waals surface area contributed by atoms with Crippen molar-refractivity contribution in [3.05, 3.63) is 87.9 Å². The number of ketones is 1. The van der Waals surface area contributed by atoms with Crippen LogP contribution in [0.25, 0.3) is 0 Å². The maximum atomic E-state index is 12.7. The van der Waals surface area contributed by atoms with Gasteiger partial charge in [0.15, 0.2) is 11.6 Å². The Morgan fingerprint density at radius 1 is 0.963 bits per heavy atom. The number of hydrogen-bond acceptors (Lipinski definition) is 3. The van der Waals surface area contributed by atoms with Gasteiger partial charge in [0.25, 0.3) is 10.0 Å². The molecule has 2 aromatic carbocycles. The maximum absolute atomic E-state index is 12.7. The van der Waals surface area contributed by atoms with Gasteiger partial charge in [-0.05, 0) is 42.5 Å². The average molecular weight is 464 g/mol. The van der Waals surface area contributed by atoms with E-state index in [0.717, 1.165) is 4.47 Å². The summed E-state index contributed by atoms with van der Waals surface area (Å²) in [5, 5.41) is -0.000529. The molecule has 0 bridgehead atoms. The summed E-state index contributed by atoms with van der Waals surface area (Å²) in [5.41, 5.74) is 0.841. The predicted octanol–water partition coefficient (Wildman–Crippen LogP) is 4.29. The predicted molar refractivity (Wildman–Crippen MR) is 110 cm³/mol. The van der Waals surface area contributed by atoms with Gasteiger partial charge in [0.05, 0.1) is 15.6 Å². The van der Waals surface area contributed by atoms with E-state index in [1.54, 1.807) is 42.5 Å². The van der Waals surface area contributed by atoms with Gasteiger partial charge >= 0.3 is 0 Å². The maximum Gasteiger partial charge on any atom is 0.284 e. The molecule has 0 spiro atoms. The molecule has 1 aliphatic carbocycles. The molecule has 8 heteroatoms. The summed E-state index contributed by atoms with van der Waals surface area (Å²) < 4.78 is 30.1. The molecule has 2 aromatic rings. The number of carbonyl (C=O) groups is 1. The molecule has 0 unspecified atom stereocenters. The third kappa shape index (κ3) is 4.88. The van der Waals surface area contributed by atoms with Crippen molar-refractivity contribution < 1.29 is 13.2 Å².